The van der Waals surface area contributed by atoms with Crippen molar-refractivity contribution in [2.45, 2.75) is 44.7 Å². The number of carbonyl (C=O) groups excluding carboxylic acids is 3. The van der Waals surface area contributed by atoms with Crippen molar-refractivity contribution < 1.29 is 14.4 Å². The summed E-state index contributed by atoms with van der Waals surface area (Å²) in [7, 11) is 0. The van der Waals surface area contributed by atoms with E-state index >= 15 is 0 Å². The molecule has 1 aromatic carbocycles. The Labute approximate surface area is 165 Å². The molecule has 1 aromatic rings. The topological polar surface area (TPSA) is 81.8 Å². The molecule has 2 fully saturated rings. The maximum absolute atomic E-state index is 12.6. The summed E-state index contributed by atoms with van der Waals surface area (Å²) in [5.41, 5.74) is 2.62. The number of hydrogen-bond donors (Lipinski definition) is 2. The molecule has 4 amide bonds. The molecule has 3 heterocycles. The lowest BCUT2D eigenvalue weighted by Crippen LogP contribution is -2.48. The Hall–Kier alpha value is -2.57. The van der Waals surface area contributed by atoms with Crippen LogP contribution in [0.15, 0.2) is 24.3 Å². The monoisotopic (exact) mass is 384 g/mol. The van der Waals surface area contributed by atoms with Crippen LogP contribution in [0.25, 0.3) is 0 Å². The number of urea groups is 1. The van der Waals surface area contributed by atoms with E-state index in [0.29, 0.717) is 32.0 Å². The van der Waals surface area contributed by atoms with E-state index in [2.05, 4.69) is 28.8 Å². The van der Waals surface area contributed by atoms with Crippen LogP contribution in [0.3, 0.4) is 0 Å². The van der Waals surface area contributed by atoms with E-state index in [1.165, 1.54) is 11.1 Å². The molecule has 0 radical (unpaired) electrons. The van der Waals surface area contributed by atoms with Gasteiger partial charge in [0, 0.05) is 39.1 Å². The zero-order chi connectivity index (χ0) is 19.5. The lowest BCUT2D eigenvalue weighted by atomic mass is 9.91. The van der Waals surface area contributed by atoms with Gasteiger partial charge in [0.1, 0.15) is 6.04 Å². The van der Waals surface area contributed by atoms with Gasteiger partial charge in [0.15, 0.2) is 0 Å². The maximum Gasteiger partial charge on any atom is 0.315 e. The number of carbonyl (C=O) groups is 3. The number of piperidine rings is 1. The summed E-state index contributed by atoms with van der Waals surface area (Å²) in [6, 6.07) is 7.66. The van der Waals surface area contributed by atoms with E-state index in [1.54, 1.807) is 0 Å². The molecule has 0 aromatic heterocycles. The van der Waals surface area contributed by atoms with Gasteiger partial charge in [-0.2, -0.15) is 0 Å². The highest BCUT2D eigenvalue weighted by molar-refractivity contribution is 5.90. The van der Waals surface area contributed by atoms with E-state index in [0.717, 1.165) is 38.8 Å². The Morgan fingerprint density at radius 1 is 1.04 bits per heavy atom. The van der Waals surface area contributed by atoms with Gasteiger partial charge in [-0.1, -0.05) is 24.3 Å². The number of hydrogen-bond acceptors (Lipinski definition) is 3. The van der Waals surface area contributed by atoms with Crippen molar-refractivity contribution in [2.24, 2.45) is 5.92 Å². The Morgan fingerprint density at radius 2 is 1.79 bits per heavy atom. The molecule has 28 heavy (non-hydrogen) atoms. The van der Waals surface area contributed by atoms with Crippen LogP contribution < -0.4 is 10.6 Å². The number of nitrogens with one attached hydrogen (secondary N) is 2. The average molecular weight is 384 g/mol. The molecule has 0 bridgehead atoms. The van der Waals surface area contributed by atoms with Gasteiger partial charge in [0.25, 0.3) is 0 Å². The van der Waals surface area contributed by atoms with Crippen LogP contribution in [0, 0.1) is 5.92 Å². The van der Waals surface area contributed by atoms with Crippen LogP contribution in [0.5, 0.6) is 0 Å². The van der Waals surface area contributed by atoms with Gasteiger partial charge in [-0.25, -0.2) is 4.79 Å². The molecule has 7 nitrogen and oxygen atoms in total. The zero-order valence-electron chi connectivity index (χ0n) is 16.2. The highest BCUT2D eigenvalue weighted by atomic mass is 16.2. The fourth-order valence-electron chi connectivity index (χ4n) is 4.46. The largest absolute Gasteiger partial charge is 0.341 e. The highest BCUT2D eigenvalue weighted by Crippen LogP contribution is 2.24. The van der Waals surface area contributed by atoms with E-state index < -0.39 is 6.04 Å². The average Bonchev–Trinajstić information content (AvgIpc) is 3.17. The first kappa shape index (κ1) is 18.8. The summed E-state index contributed by atoms with van der Waals surface area (Å²) in [6.45, 7) is 3.32. The lowest BCUT2D eigenvalue weighted by molar-refractivity contribution is -0.135. The second-order valence-electron chi connectivity index (χ2n) is 8.05. The van der Waals surface area contributed by atoms with Crippen LogP contribution in [-0.2, 0) is 22.6 Å². The summed E-state index contributed by atoms with van der Waals surface area (Å²) in [5, 5.41) is 5.28. The molecule has 3 aliphatic rings. The standard InChI is InChI=1S/C21H28N4O3/c26-19(25-12-9-16-3-1-2-4-17(16)14-25)6-5-15-7-10-24(11-8-15)20(27)18-13-22-21(28)23-18/h1-4,15,18H,5-14H2,(H2,22,23,28). The Balaban J connectivity index is 1.20. The van der Waals surface area contributed by atoms with Gasteiger partial charge >= 0.3 is 6.03 Å². The van der Waals surface area contributed by atoms with Crippen LogP contribution in [0.2, 0.25) is 0 Å². The van der Waals surface area contributed by atoms with E-state index in [1.807, 2.05) is 15.9 Å². The smallest absolute Gasteiger partial charge is 0.315 e. The molecular formula is C21H28N4O3. The molecular weight excluding hydrogens is 356 g/mol. The van der Waals surface area contributed by atoms with Crippen LogP contribution in [0.1, 0.15) is 36.8 Å². The van der Waals surface area contributed by atoms with Gasteiger partial charge in [0.2, 0.25) is 11.8 Å². The lowest BCUT2D eigenvalue weighted by Gasteiger charge is -2.34. The van der Waals surface area contributed by atoms with Crippen molar-refractivity contribution in [1.29, 1.82) is 0 Å². The molecule has 0 spiro atoms. The van der Waals surface area contributed by atoms with E-state index in [4.69, 9.17) is 0 Å². The summed E-state index contributed by atoms with van der Waals surface area (Å²) in [5.74, 6) is 0.731. The van der Waals surface area contributed by atoms with Gasteiger partial charge in [-0.15, -0.1) is 0 Å². The maximum atomic E-state index is 12.6. The molecule has 2 N–H and O–H groups in total. The Morgan fingerprint density at radius 3 is 2.50 bits per heavy atom. The van der Waals surface area contributed by atoms with E-state index in [-0.39, 0.29) is 17.8 Å². The minimum absolute atomic E-state index is 0.000131. The number of nitrogens with zero attached hydrogens (tertiary/aromatic N) is 2. The van der Waals surface area contributed by atoms with Crippen LogP contribution in [-0.4, -0.2) is 59.9 Å². The Kier molecular flexibility index (Phi) is 5.50. The molecule has 7 heteroatoms. The summed E-state index contributed by atoms with van der Waals surface area (Å²) >= 11 is 0. The number of fused-ring (bicyclic) bond motifs is 1. The van der Waals surface area contributed by atoms with Crippen molar-refractivity contribution in [1.82, 2.24) is 20.4 Å². The highest BCUT2D eigenvalue weighted by Gasteiger charge is 2.32. The number of benzene rings is 1. The first-order valence-corrected chi connectivity index (χ1v) is 10.3. The third-order valence-electron chi connectivity index (χ3n) is 6.25. The molecule has 150 valence electrons. The van der Waals surface area contributed by atoms with E-state index in [9.17, 15) is 14.4 Å². The zero-order valence-corrected chi connectivity index (χ0v) is 16.2. The van der Waals surface area contributed by atoms with Crippen molar-refractivity contribution in [3.8, 4) is 0 Å². The number of amides is 4. The molecule has 1 atom stereocenters. The summed E-state index contributed by atoms with van der Waals surface area (Å²) in [6.07, 6.45) is 4.27. The fraction of sp³-hybridized carbons (Fsp3) is 0.571. The molecule has 2 saturated heterocycles. The van der Waals surface area contributed by atoms with Gasteiger partial charge in [-0.05, 0) is 42.7 Å². The summed E-state index contributed by atoms with van der Waals surface area (Å²) < 4.78 is 0. The number of rotatable bonds is 4. The molecule has 3 aliphatic heterocycles. The quantitative estimate of drug-likeness (QED) is 0.820. The SMILES string of the molecule is O=C1NCC(C(=O)N2CCC(CCC(=O)N3CCc4ccccc4C3)CC2)N1. The minimum atomic E-state index is -0.437. The molecule has 0 saturated carbocycles. The fourth-order valence-corrected chi connectivity index (χ4v) is 4.46. The second kappa shape index (κ2) is 8.20. The van der Waals surface area contributed by atoms with Crippen LogP contribution in [0.4, 0.5) is 4.79 Å². The van der Waals surface area contributed by atoms with Gasteiger partial charge < -0.3 is 20.4 Å². The summed E-state index contributed by atoms with van der Waals surface area (Å²) in [4.78, 5) is 40.1. The van der Waals surface area contributed by atoms with Crippen molar-refractivity contribution >= 4 is 17.8 Å². The number of likely N-dealkylation sites (tertiary alicyclic amines) is 1. The Bertz CT molecular complexity index is 758. The van der Waals surface area contributed by atoms with Crippen molar-refractivity contribution in [3.63, 3.8) is 0 Å². The van der Waals surface area contributed by atoms with Gasteiger partial charge in [-0.3, -0.25) is 9.59 Å². The van der Waals surface area contributed by atoms with Gasteiger partial charge in [0.05, 0.1) is 0 Å². The second-order valence-corrected chi connectivity index (χ2v) is 8.05. The van der Waals surface area contributed by atoms with Crippen LogP contribution >= 0.6 is 0 Å². The minimum Gasteiger partial charge on any atom is -0.341 e. The third-order valence-corrected chi connectivity index (χ3v) is 6.25. The predicted octanol–water partition coefficient (Wildman–Crippen LogP) is 1.27. The van der Waals surface area contributed by atoms with Crippen molar-refractivity contribution in [3.05, 3.63) is 35.4 Å². The normalized spacial score (nSPS) is 22.4. The molecule has 1 unspecified atom stereocenters. The van der Waals surface area contributed by atoms with Crippen molar-refractivity contribution in [2.75, 3.05) is 26.2 Å². The third kappa shape index (κ3) is 4.13. The first-order chi connectivity index (χ1) is 13.6. The molecule has 4 rings (SSSR count). The first-order valence-electron chi connectivity index (χ1n) is 10.3. The predicted molar refractivity (Wildman–Crippen MR) is 104 cm³/mol. The molecule has 0 aliphatic carbocycles.